The minimum Gasteiger partial charge on any atom is -0.347 e. The molecule has 0 bridgehead atoms. The first-order valence-electron chi connectivity index (χ1n) is 4.14. The average molecular weight is 197 g/mol. The van der Waals surface area contributed by atoms with Gasteiger partial charge in [0.05, 0.1) is 11.0 Å². The summed E-state index contributed by atoms with van der Waals surface area (Å²) in [6, 6.07) is -0.133. The van der Waals surface area contributed by atoms with Crippen molar-refractivity contribution in [1.82, 2.24) is 10.3 Å². The van der Waals surface area contributed by atoms with E-state index in [1.807, 2.05) is 6.92 Å². The number of hydrogen-bond acceptors (Lipinski definition) is 4. The first kappa shape index (κ1) is 8.65. The van der Waals surface area contributed by atoms with Crippen molar-refractivity contribution in [1.29, 1.82) is 0 Å². The lowest BCUT2D eigenvalue weighted by Crippen LogP contribution is -2.27. The Bertz CT molecular complexity index is 336. The third-order valence-corrected chi connectivity index (χ3v) is 3.11. The van der Waals surface area contributed by atoms with E-state index < -0.39 is 0 Å². The molecule has 0 aliphatic carbocycles. The van der Waals surface area contributed by atoms with Gasteiger partial charge < -0.3 is 11.1 Å². The topological polar surface area (TPSA) is 68.0 Å². The molecule has 0 saturated carbocycles. The number of thiazole rings is 1. The van der Waals surface area contributed by atoms with E-state index >= 15 is 0 Å². The number of carbonyl (C=O) groups excluding carboxylic acids is 1. The number of rotatable bonds is 1. The van der Waals surface area contributed by atoms with Crippen LogP contribution in [-0.2, 0) is 4.79 Å². The maximum Gasteiger partial charge on any atom is 0.222 e. The van der Waals surface area contributed by atoms with Crippen LogP contribution in [-0.4, -0.2) is 16.9 Å². The van der Waals surface area contributed by atoms with E-state index in [1.165, 1.54) is 0 Å². The van der Waals surface area contributed by atoms with Gasteiger partial charge in [-0.25, -0.2) is 4.98 Å². The maximum absolute atomic E-state index is 11.0. The number of nitrogens with zero attached hydrogens (tertiary/aromatic N) is 1. The fourth-order valence-corrected chi connectivity index (χ4v) is 2.39. The highest BCUT2D eigenvalue weighted by Gasteiger charge is 2.31. The zero-order valence-electron chi connectivity index (χ0n) is 7.28. The largest absolute Gasteiger partial charge is 0.347 e. The molecular weight excluding hydrogens is 186 g/mol. The standard InChI is InChI=1S/C8H11N3OS/c1-4-10-3-6(13-4)8-5(9)2-7(12)11-8/h3,5,8H,2,9H2,1H3,(H,11,12). The van der Waals surface area contributed by atoms with Gasteiger partial charge in [0, 0.05) is 23.5 Å². The molecule has 2 unspecified atom stereocenters. The first-order chi connectivity index (χ1) is 6.16. The van der Waals surface area contributed by atoms with Crippen LogP contribution < -0.4 is 11.1 Å². The summed E-state index contributed by atoms with van der Waals surface area (Å²) in [6.45, 7) is 1.94. The minimum absolute atomic E-state index is 0.0290. The molecule has 0 spiro atoms. The summed E-state index contributed by atoms with van der Waals surface area (Å²) in [5, 5.41) is 3.84. The summed E-state index contributed by atoms with van der Waals surface area (Å²) >= 11 is 1.58. The summed E-state index contributed by atoms with van der Waals surface area (Å²) in [4.78, 5) is 16.2. The molecule has 1 aromatic heterocycles. The Labute approximate surface area is 80.2 Å². The zero-order chi connectivity index (χ0) is 9.42. The lowest BCUT2D eigenvalue weighted by Gasteiger charge is -2.11. The molecule has 2 rings (SSSR count). The number of nitrogens with one attached hydrogen (secondary N) is 1. The molecule has 4 nitrogen and oxygen atoms in total. The fourth-order valence-electron chi connectivity index (χ4n) is 1.48. The van der Waals surface area contributed by atoms with Crippen LogP contribution in [0.1, 0.15) is 22.3 Å². The summed E-state index contributed by atoms with van der Waals surface area (Å²) in [5.41, 5.74) is 5.81. The molecule has 13 heavy (non-hydrogen) atoms. The summed E-state index contributed by atoms with van der Waals surface area (Å²) in [7, 11) is 0. The quantitative estimate of drug-likeness (QED) is 0.682. The van der Waals surface area contributed by atoms with Crippen molar-refractivity contribution in [2.45, 2.75) is 25.4 Å². The van der Waals surface area contributed by atoms with Crippen molar-refractivity contribution in [2.75, 3.05) is 0 Å². The number of aromatic nitrogens is 1. The molecule has 2 heterocycles. The van der Waals surface area contributed by atoms with Crippen molar-refractivity contribution < 1.29 is 4.79 Å². The van der Waals surface area contributed by atoms with Gasteiger partial charge in [0.2, 0.25) is 5.91 Å². The summed E-state index contributed by atoms with van der Waals surface area (Å²) in [6.07, 6.45) is 2.21. The van der Waals surface area contributed by atoms with Gasteiger partial charge in [0.15, 0.2) is 0 Å². The van der Waals surface area contributed by atoms with Crippen LogP contribution in [0.2, 0.25) is 0 Å². The SMILES string of the molecule is Cc1ncc(C2NC(=O)CC2N)s1. The van der Waals surface area contributed by atoms with Crippen molar-refractivity contribution in [3.8, 4) is 0 Å². The molecule has 70 valence electrons. The molecular formula is C8H11N3OS. The molecule has 1 amide bonds. The van der Waals surface area contributed by atoms with E-state index in [4.69, 9.17) is 5.73 Å². The van der Waals surface area contributed by atoms with E-state index in [0.29, 0.717) is 6.42 Å². The minimum atomic E-state index is -0.104. The van der Waals surface area contributed by atoms with E-state index in [0.717, 1.165) is 9.88 Å². The van der Waals surface area contributed by atoms with Crippen molar-refractivity contribution in [3.05, 3.63) is 16.1 Å². The highest BCUT2D eigenvalue weighted by molar-refractivity contribution is 7.11. The smallest absolute Gasteiger partial charge is 0.222 e. The first-order valence-corrected chi connectivity index (χ1v) is 4.96. The average Bonchev–Trinajstić information content (AvgIpc) is 2.58. The molecule has 1 aliphatic heterocycles. The number of hydrogen-bond donors (Lipinski definition) is 2. The van der Waals surface area contributed by atoms with Crippen LogP contribution in [0.3, 0.4) is 0 Å². The lowest BCUT2D eigenvalue weighted by atomic mass is 10.1. The highest BCUT2D eigenvalue weighted by atomic mass is 32.1. The summed E-state index contributed by atoms with van der Waals surface area (Å²) < 4.78 is 0. The van der Waals surface area contributed by atoms with Crippen LogP contribution in [0.25, 0.3) is 0 Å². The van der Waals surface area contributed by atoms with E-state index in [-0.39, 0.29) is 18.0 Å². The maximum atomic E-state index is 11.0. The Morgan fingerprint density at radius 3 is 3.00 bits per heavy atom. The summed E-state index contributed by atoms with van der Waals surface area (Å²) in [5.74, 6) is 0.0311. The Balaban J connectivity index is 2.22. The normalized spacial score (nSPS) is 27.7. The monoisotopic (exact) mass is 197 g/mol. The van der Waals surface area contributed by atoms with Crippen LogP contribution >= 0.6 is 11.3 Å². The van der Waals surface area contributed by atoms with Crippen molar-refractivity contribution in [2.24, 2.45) is 5.73 Å². The number of nitrogens with two attached hydrogens (primary N) is 1. The Morgan fingerprint density at radius 1 is 1.77 bits per heavy atom. The zero-order valence-corrected chi connectivity index (χ0v) is 8.10. The van der Waals surface area contributed by atoms with E-state index in [9.17, 15) is 4.79 Å². The van der Waals surface area contributed by atoms with Gasteiger partial charge in [-0.05, 0) is 6.92 Å². The van der Waals surface area contributed by atoms with Gasteiger partial charge >= 0.3 is 0 Å². The Morgan fingerprint density at radius 2 is 2.54 bits per heavy atom. The predicted molar refractivity (Wildman–Crippen MR) is 50.3 cm³/mol. The highest BCUT2D eigenvalue weighted by Crippen LogP contribution is 2.27. The van der Waals surface area contributed by atoms with Gasteiger partial charge in [-0.2, -0.15) is 0 Å². The van der Waals surface area contributed by atoms with E-state index in [2.05, 4.69) is 10.3 Å². The second-order valence-electron chi connectivity index (χ2n) is 3.19. The molecule has 0 radical (unpaired) electrons. The number of aryl methyl sites for hydroxylation is 1. The molecule has 5 heteroatoms. The molecule has 1 aliphatic rings. The number of carbonyl (C=O) groups is 1. The third-order valence-electron chi connectivity index (χ3n) is 2.11. The van der Waals surface area contributed by atoms with Gasteiger partial charge in [-0.15, -0.1) is 11.3 Å². The molecule has 1 aromatic rings. The molecule has 1 fully saturated rings. The second kappa shape index (κ2) is 3.08. The molecule has 3 N–H and O–H groups in total. The van der Waals surface area contributed by atoms with Gasteiger partial charge in [-0.3, -0.25) is 4.79 Å². The fraction of sp³-hybridized carbons (Fsp3) is 0.500. The van der Waals surface area contributed by atoms with Crippen LogP contribution in [0.15, 0.2) is 6.20 Å². The van der Waals surface area contributed by atoms with Gasteiger partial charge in [0.1, 0.15) is 0 Å². The molecule has 1 saturated heterocycles. The second-order valence-corrected chi connectivity index (χ2v) is 4.46. The van der Waals surface area contributed by atoms with Gasteiger partial charge in [0.25, 0.3) is 0 Å². The van der Waals surface area contributed by atoms with Crippen molar-refractivity contribution in [3.63, 3.8) is 0 Å². The van der Waals surface area contributed by atoms with E-state index in [1.54, 1.807) is 17.5 Å². The van der Waals surface area contributed by atoms with Crippen LogP contribution in [0.4, 0.5) is 0 Å². The van der Waals surface area contributed by atoms with Gasteiger partial charge in [-0.1, -0.05) is 0 Å². The lowest BCUT2D eigenvalue weighted by molar-refractivity contribution is -0.119. The van der Waals surface area contributed by atoms with Crippen LogP contribution in [0.5, 0.6) is 0 Å². The number of amides is 1. The predicted octanol–water partition coefficient (Wildman–Crippen LogP) is 0.340. The van der Waals surface area contributed by atoms with Crippen LogP contribution in [0, 0.1) is 6.92 Å². The molecule has 0 aromatic carbocycles. The molecule has 2 atom stereocenters. The Kier molecular flexibility index (Phi) is 2.05. The Hall–Kier alpha value is -0.940. The van der Waals surface area contributed by atoms with Crippen molar-refractivity contribution >= 4 is 17.2 Å². The third kappa shape index (κ3) is 1.57.